The van der Waals surface area contributed by atoms with Crippen molar-refractivity contribution in [2.75, 3.05) is 20.2 Å². The SMILES string of the molecule is CN(CC[C@@H]1CCCCO1)C(=O)c1ccc2oc(CCc3ccccc3)nc2c1. The normalized spacial score (nSPS) is 16.8. The number of aromatic nitrogens is 1. The van der Waals surface area contributed by atoms with Gasteiger partial charge in [-0.15, -0.1) is 0 Å². The average molecular weight is 392 g/mol. The molecule has 152 valence electrons. The predicted octanol–water partition coefficient (Wildman–Crippen LogP) is 4.64. The molecule has 3 aromatic rings. The number of hydrogen-bond donors (Lipinski definition) is 0. The summed E-state index contributed by atoms with van der Waals surface area (Å²) in [6.07, 6.45) is 6.25. The molecule has 1 amide bonds. The van der Waals surface area contributed by atoms with Gasteiger partial charge in [-0.3, -0.25) is 4.79 Å². The number of carbonyl (C=O) groups excluding carboxylic acids is 1. The molecule has 2 heterocycles. The van der Waals surface area contributed by atoms with E-state index in [1.165, 1.54) is 12.0 Å². The molecule has 1 aromatic heterocycles. The second-order valence-corrected chi connectivity index (χ2v) is 7.78. The van der Waals surface area contributed by atoms with Crippen LogP contribution in [0, 0.1) is 0 Å². The van der Waals surface area contributed by atoms with Crippen molar-refractivity contribution in [3.8, 4) is 0 Å². The zero-order chi connectivity index (χ0) is 20.1. The first-order valence-corrected chi connectivity index (χ1v) is 10.5. The number of ether oxygens (including phenoxy) is 1. The second-order valence-electron chi connectivity index (χ2n) is 7.78. The number of nitrogens with zero attached hydrogens (tertiary/aromatic N) is 2. The Bertz CT molecular complexity index is 945. The smallest absolute Gasteiger partial charge is 0.253 e. The summed E-state index contributed by atoms with van der Waals surface area (Å²) in [7, 11) is 1.85. The molecule has 0 spiro atoms. The van der Waals surface area contributed by atoms with Gasteiger partial charge in [0, 0.05) is 32.2 Å². The van der Waals surface area contributed by atoms with Gasteiger partial charge >= 0.3 is 0 Å². The van der Waals surface area contributed by atoms with Crippen molar-refractivity contribution < 1.29 is 13.9 Å². The monoisotopic (exact) mass is 392 g/mol. The van der Waals surface area contributed by atoms with Gasteiger partial charge in [0.05, 0.1) is 6.10 Å². The number of aryl methyl sites for hydroxylation is 2. The Morgan fingerprint density at radius 3 is 2.79 bits per heavy atom. The molecule has 29 heavy (non-hydrogen) atoms. The molecular formula is C24H28N2O3. The number of carbonyl (C=O) groups is 1. The van der Waals surface area contributed by atoms with E-state index >= 15 is 0 Å². The van der Waals surface area contributed by atoms with E-state index in [4.69, 9.17) is 9.15 Å². The number of rotatable bonds is 7. The van der Waals surface area contributed by atoms with Crippen LogP contribution in [-0.2, 0) is 17.6 Å². The van der Waals surface area contributed by atoms with Crippen LogP contribution in [0.2, 0.25) is 0 Å². The van der Waals surface area contributed by atoms with E-state index in [-0.39, 0.29) is 12.0 Å². The summed E-state index contributed by atoms with van der Waals surface area (Å²) in [5.74, 6) is 0.716. The zero-order valence-corrected chi connectivity index (χ0v) is 17.0. The van der Waals surface area contributed by atoms with Crippen LogP contribution in [-0.4, -0.2) is 42.1 Å². The highest BCUT2D eigenvalue weighted by Crippen LogP contribution is 2.20. The van der Waals surface area contributed by atoms with E-state index < -0.39 is 0 Å². The molecule has 1 aliphatic rings. The van der Waals surface area contributed by atoms with Crippen molar-refractivity contribution in [1.29, 1.82) is 0 Å². The predicted molar refractivity (Wildman–Crippen MR) is 113 cm³/mol. The molecule has 1 saturated heterocycles. The molecule has 0 aliphatic carbocycles. The third-order valence-corrected chi connectivity index (χ3v) is 5.56. The number of fused-ring (bicyclic) bond motifs is 1. The fraction of sp³-hybridized carbons (Fsp3) is 0.417. The van der Waals surface area contributed by atoms with Crippen molar-refractivity contribution in [3.63, 3.8) is 0 Å². The third kappa shape index (κ3) is 5.04. The van der Waals surface area contributed by atoms with E-state index in [0.29, 0.717) is 18.0 Å². The van der Waals surface area contributed by atoms with Gasteiger partial charge in [0.1, 0.15) is 5.52 Å². The number of amides is 1. The Morgan fingerprint density at radius 2 is 2.00 bits per heavy atom. The highest BCUT2D eigenvalue weighted by atomic mass is 16.5. The minimum Gasteiger partial charge on any atom is -0.441 e. The molecule has 1 atom stereocenters. The summed E-state index contributed by atoms with van der Waals surface area (Å²) in [6.45, 7) is 1.54. The fourth-order valence-electron chi connectivity index (χ4n) is 3.81. The average Bonchev–Trinajstić information content (AvgIpc) is 3.19. The first kappa shape index (κ1) is 19.6. The lowest BCUT2D eigenvalue weighted by molar-refractivity contribution is 0.00709. The maximum absolute atomic E-state index is 12.8. The Hall–Kier alpha value is -2.66. The van der Waals surface area contributed by atoms with Gasteiger partial charge in [-0.25, -0.2) is 4.98 Å². The van der Waals surface area contributed by atoms with Crippen LogP contribution in [0.4, 0.5) is 0 Å². The molecule has 0 N–H and O–H groups in total. The van der Waals surface area contributed by atoms with Gasteiger partial charge in [-0.1, -0.05) is 30.3 Å². The number of benzene rings is 2. The van der Waals surface area contributed by atoms with Crippen molar-refractivity contribution in [3.05, 3.63) is 65.5 Å². The maximum Gasteiger partial charge on any atom is 0.253 e. The van der Waals surface area contributed by atoms with Gasteiger partial charge < -0.3 is 14.1 Å². The minimum absolute atomic E-state index is 0.0107. The Labute approximate surface area is 171 Å². The van der Waals surface area contributed by atoms with Crippen LogP contribution in [0.15, 0.2) is 52.9 Å². The molecule has 2 aromatic carbocycles. The van der Waals surface area contributed by atoms with E-state index in [1.54, 1.807) is 4.90 Å². The Kier molecular flexibility index (Phi) is 6.25. The topological polar surface area (TPSA) is 55.6 Å². The highest BCUT2D eigenvalue weighted by Gasteiger charge is 2.18. The molecule has 0 saturated carbocycles. The quantitative estimate of drug-likeness (QED) is 0.588. The lowest BCUT2D eigenvalue weighted by atomic mass is 10.1. The molecular weight excluding hydrogens is 364 g/mol. The summed E-state index contributed by atoms with van der Waals surface area (Å²) >= 11 is 0. The molecule has 5 heteroatoms. The van der Waals surface area contributed by atoms with Gasteiger partial charge in [0.25, 0.3) is 5.91 Å². The second kappa shape index (κ2) is 9.23. The molecule has 4 rings (SSSR count). The zero-order valence-electron chi connectivity index (χ0n) is 17.0. The lowest BCUT2D eigenvalue weighted by Gasteiger charge is -2.25. The Balaban J connectivity index is 1.37. The molecule has 5 nitrogen and oxygen atoms in total. The van der Waals surface area contributed by atoms with Gasteiger partial charge in [0.2, 0.25) is 0 Å². The standard InChI is InChI=1S/C24H28N2O3/c1-26(15-14-20-9-5-6-16-28-20)24(27)19-11-12-22-21(17-19)25-23(29-22)13-10-18-7-3-2-4-8-18/h2-4,7-8,11-12,17,20H,5-6,9-10,13-16H2,1H3/t20-/m0/s1. The molecule has 0 radical (unpaired) electrons. The van der Waals surface area contributed by atoms with Crippen LogP contribution >= 0.6 is 0 Å². The highest BCUT2D eigenvalue weighted by molar-refractivity contribution is 5.96. The van der Waals surface area contributed by atoms with Crippen LogP contribution < -0.4 is 0 Å². The van der Waals surface area contributed by atoms with E-state index in [1.807, 2.05) is 43.4 Å². The van der Waals surface area contributed by atoms with Crippen LogP contribution in [0.25, 0.3) is 11.1 Å². The maximum atomic E-state index is 12.8. The largest absolute Gasteiger partial charge is 0.441 e. The summed E-state index contributed by atoms with van der Waals surface area (Å²) in [4.78, 5) is 19.2. The van der Waals surface area contributed by atoms with Crippen LogP contribution in [0.5, 0.6) is 0 Å². The van der Waals surface area contributed by atoms with E-state index in [2.05, 4.69) is 17.1 Å². The lowest BCUT2D eigenvalue weighted by Crippen LogP contribution is -2.31. The third-order valence-electron chi connectivity index (χ3n) is 5.56. The van der Waals surface area contributed by atoms with Crippen molar-refractivity contribution in [1.82, 2.24) is 9.88 Å². The van der Waals surface area contributed by atoms with Crippen molar-refractivity contribution in [2.45, 2.75) is 44.6 Å². The number of oxazole rings is 1. The van der Waals surface area contributed by atoms with Gasteiger partial charge in [0.15, 0.2) is 11.5 Å². The van der Waals surface area contributed by atoms with Crippen molar-refractivity contribution in [2.24, 2.45) is 0 Å². The van der Waals surface area contributed by atoms with Gasteiger partial charge in [-0.2, -0.15) is 0 Å². The van der Waals surface area contributed by atoms with E-state index in [9.17, 15) is 4.79 Å². The first-order valence-electron chi connectivity index (χ1n) is 10.5. The summed E-state index contributed by atoms with van der Waals surface area (Å²) in [6, 6.07) is 15.8. The molecule has 1 fully saturated rings. The summed E-state index contributed by atoms with van der Waals surface area (Å²) < 4.78 is 11.6. The summed E-state index contributed by atoms with van der Waals surface area (Å²) in [5, 5.41) is 0. The fourth-order valence-corrected chi connectivity index (χ4v) is 3.81. The Morgan fingerprint density at radius 1 is 1.14 bits per heavy atom. The first-order chi connectivity index (χ1) is 14.2. The van der Waals surface area contributed by atoms with E-state index in [0.717, 1.165) is 49.8 Å². The minimum atomic E-state index is 0.0107. The van der Waals surface area contributed by atoms with Crippen molar-refractivity contribution >= 4 is 17.0 Å². The summed E-state index contributed by atoms with van der Waals surface area (Å²) in [5.41, 5.74) is 3.37. The molecule has 0 bridgehead atoms. The molecule has 0 unspecified atom stereocenters. The van der Waals surface area contributed by atoms with Gasteiger partial charge in [-0.05, 0) is 55.9 Å². The number of hydrogen-bond acceptors (Lipinski definition) is 4. The molecule has 1 aliphatic heterocycles. The van der Waals surface area contributed by atoms with Crippen LogP contribution in [0.3, 0.4) is 0 Å². The van der Waals surface area contributed by atoms with Crippen LogP contribution in [0.1, 0.15) is 47.5 Å².